The minimum atomic E-state index is -0.130. The molecule has 8 heteroatoms. The van der Waals surface area contributed by atoms with Gasteiger partial charge in [-0.05, 0) is 49.2 Å². The van der Waals surface area contributed by atoms with Crippen LogP contribution in [0.15, 0.2) is 41.2 Å². The number of halogens is 2. The molecule has 0 saturated heterocycles. The van der Waals surface area contributed by atoms with Crippen molar-refractivity contribution in [1.29, 1.82) is 0 Å². The predicted octanol–water partition coefficient (Wildman–Crippen LogP) is 4.60. The monoisotopic (exact) mass is 433 g/mol. The van der Waals surface area contributed by atoms with Crippen LogP contribution in [0.3, 0.4) is 0 Å². The van der Waals surface area contributed by atoms with Crippen LogP contribution in [0.1, 0.15) is 25.7 Å². The van der Waals surface area contributed by atoms with E-state index in [1.807, 2.05) is 0 Å². The van der Waals surface area contributed by atoms with E-state index in [-0.39, 0.29) is 17.2 Å². The van der Waals surface area contributed by atoms with Crippen molar-refractivity contribution < 1.29 is 9.59 Å². The summed E-state index contributed by atoms with van der Waals surface area (Å²) in [5, 5.41) is 6.66. The molecule has 6 nitrogen and oxygen atoms in total. The van der Waals surface area contributed by atoms with Crippen molar-refractivity contribution in [3.8, 4) is 0 Å². The number of hydrogen-bond donors (Lipinski definition) is 3. The standard InChI is InChI=1S/C21H21Cl2N3O3/c22-9-1-3-19(27)24-13-5-7-15-17(11-13)26-18-12-14(6-8-16(18)21(15)29)25-20(28)4-2-10-23/h5-8,11-12H,1-4,9-10H2,(H,24,27)(H,25,28)(H,26,29). The third-order valence-corrected chi connectivity index (χ3v) is 4.97. The van der Waals surface area contributed by atoms with Gasteiger partial charge in [0.05, 0.1) is 11.0 Å². The molecule has 0 atom stereocenters. The first-order chi connectivity index (χ1) is 14.0. The molecular formula is C21H21Cl2N3O3. The molecule has 0 aliphatic heterocycles. The molecule has 3 N–H and O–H groups in total. The number of nitrogens with one attached hydrogen (secondary N) is 3. The van der Waals surface area contributed by atoms with Crippen LogP contribution < -0.4 is 16.1 Å². The Bertz CT molecular complexity index is 1030. The van der Waals surface area contributed by atoms with Crippen molar-refractivity contribution >= 4 is 68.2 Å². The number of rotatable bonds is 8. The first-order valence-electron chi connectivity index (χ1n) is 9.33. The molecule has 0 bridgehead atoms. The van der Waals surface area contributed by atoms with Gasteiger partial charge >= 0.3 is 0 Å². The summed E-state index contributed by atoms with van der Waals surface area (Å²) >= 11 is 11.2. The molecule has 0 radical (unpaired) electrons. The third-order valence-electron chi connectivity index (χ3n) is 4.44. The minimum Gasteiger partial charge on any atom is -0.354 e. The molecule has 152 valence electrons. The van der Waals surface area contributed by atoms with Crippen LogP contribution in [-0.4, -0.2) is 28.6 Å². The summed E-state index contributed by atoms with van der Waals surface area (Å²) < 4.78 is 0. The lowest BCUT2D eigenvalue weighted by molar-refractivity contribution is -0.117. The third kappa shape index (κ3) is 5.28. The van der Waals surface area contributed by atoms with E-state index in [1.54, 1.807) is 36.4 Å². The van der Waals surface area contributed by atoms with E-state index in [2.05, 4.69) is 15.6 Å². The van der Waals surface area contributed by atoms with Crippen LogP contribution in [-0.2, 0) is 9.59 Å². The van der Waals surface area contributed by atoms with E-state index >= 15 is 0 Å². The molecule has 0 aliphatic rings. The fraction of sp³-hybridized carbons (Fsp3) is 0.286. The summed E-state index contributed by atoms with van der Waals surface area (Å²) in [4.78, 5) is 39.9. The highest BCUT2D eigenvalue weighted by Crippen LogP contribution is 2.21. The second-order valence-electron chi connectivity index (χ2n) is 6.66. The first-order valence-corrected chi connectivity index (χ1v) is 10.4. The van der Waals surface area contributed by atoms with Crippen molar-refractivity contribution in [2.75, 3.05) is 22.4 Å². The number of carbonyl (C=O) groups is 2. The molecule has 1 aromatic heterocycles. The van der Waals surface area contributed by atoms with Gasteiger partial charge in [-0.25, -0.2) is 0 Å². The minimum absolute atomic E-state index is 0.117. The lowest BCUT2D eigenvalue weighted by atomic mass is 10.1. The number of benzene rings is 2. The molecule has 0 saturated carbocycles. The summed E-state index contributed by atoms with van der Waals surface area (Å²) in [6.07, 6.45) is 1.87. The summed E-state index contributed by atoms with van der Waals surface area (Å²) in [6.45, 7) is 0. The highest BCUT2D eigenvalue weighted by molar-refractivity contribution is 6.18. The first kappa shape index (κ1) is 21.1. The Morgan fingerprint density at radius 2 is 1.24 bits per heavy atom. The molecule has 3 aromatic rings. The van der Waals surface area contributed by atoms with Gasteiger partial charge in [0.1, 0.15) is 0 Å². The largest absolute Gasteiger partial charge is 0.354 e. The highest BCUT2D eigenvalue weighted by Gasteiger charge is 2.09. The molecule has 29 heavy (non-hydrogen) atoms. The SMILES string of the molecule is O=C(CCCCl)Nc1ccc2c(=O)c3ccc(NC(=O)CCCCl)cc3[nH]c2c1. The van der Waals surface area contributed by atoms with E-state index in [4.69, 9.17) is 23.2 Å². The van der Waals surface area contributed by atoms with Crippen LogP contribution in [0.5, 0.6) is 0 Å². The number of alkyl halides is 2. The second-order valence-corrected chi connectivity index (χ2v) is 7.41. The average molecular weight is 434 g/mol. The van der Waals surface area contributed by atoms with Gasteiger partial charge < -0.3 is 15.6 Å². The van der Waals surface area contributed by atoms with Crippen LogP contribution in [0.2, 0.25) is 0 Å². The zero-order valence-electron chi connectivity index (χ0n) is 15.7. The van der Waals surface area contributed by atoms with Gasteiger partial charge in [-0.3, -0.25) is 14.4 Å². The van der Waals surface area contributed by atoms with E-state index in [0.29, 0.717) is 70.6 Å². The fourth-order valence-corrected chi connectivity index (χ4v) is 3.31. The molecule has 2 aromatic carbocycles. The zero-order chi connectivity index (χ0) is 20.8. The second kappa shape index (κ2) is 9.76. The van der Waals surface area contributed by atoms with Crippen molar-refractivity contribution in [2.24, 2.45) is 0 Å². The van der Waals surface area contributed by atoms with Gasteiger partial charge in [-0.1, -0.05) is 0 Å². The van der Waals surface area contributed by atoms with Crippen LogP contribution in [0, 0.1) is 0 Å². The molecule has 0 aliphatic carbocycles. The summed E-state index contributed by atoms with van der Waals surface area (Å²) in [6, 6.07) is 10.2. The number of fused-ring (bicyclic) bond motifs is 2. The van der Waals surface area contributed by atoms with Crippen LogP contribution >= 0.6 is 23.2 Å². The van der Waals surface area contributed by atoms with Crippen molar-refractivity contribution in [3.05, 3.63) is 46.6 Å². The van der Waals surface area contributed by atoms with Crippen molar-refractivity contribution in [1.82, 2.24) is 4.98 Å². The van der Waals surface area contributed by atoms with Gasteiger partial charge in [0, 0.05) is 46.7 Å². The normalized spacial score (nSPS) is 11.0. The van der Waals surface area contributed by atoms with E-state index < -0.39 is 0 Å². The Balaban J connectivity index is 1.91. The maximum absolute atomic E-state index is 12.8. The quantitative estimate of drug-likeness (QED) is 0.358. The van der Waals surface area contributed by atoms with Gasteiger partial charge in [-0.2, -0.15) is 0 Å². The number of pyridine rings is 1. The number of aromatic nitrogens is 1. The molecule has 0 fully saturated rings. The summed E-state index contributed by atoms with van der Waals surface area (Å²) in [5.41, 5.74) is 2.27. The number of amides is 2. The number of hydrogen-bond acceptors (Lipinski definition) is 3. The highest BCUT2D eigenvalue weighted by atomic mass is 35.5. The van der Waals surface area contributed by atoms with Gasteiger partial charge in [0.25, 0.3) is 0 Å². The Morgan fingerprint density at radius 3 is 1.66 bits per heavy atom. The summed E-state index contributed by atoms with van der Waals surface area (Å²) in [7, 11) is 0. The van der Waals surface area contributed by atoms with Crippen molar-refractivity contribution in [3.63, 3.8) is 0 Å². The van der Waals surface area contributed by atoms with Crippen LogP contribution in [0.25, 0.3) is 21.8 Å². The smallest absolute Gasteiger partial charge is 0.224 e. The number of anilines is 2. The van der Waals surface area contributed by atoms with Crippen LogP contribution in [0.4, 0.5) is 11.4 Å². The Hall–Kier alpha value is -2.57. The van der Waals surface area contributed by atoms with Gasteiger partial charge in [0.2, 0.25) is 11.8 Å². The zero-order valence-corrected chi connectivity index (χ0v) is 17.2. The number of carbonyl (C=O) groups excluding carboxylic acids is 2. The maximum atomic E-state index is 12.8. The predicted molar refractivity (Wildman–Crippen MR) is 119 cm³/mol. The molecule has 2 amide bonds. The van der Waals surface area contributed by atoms with Crippen molar-refractivity contribution in [2.45, 2.75) is 25.7 Å². The number of aromatic amines is 1. The topological polar surface area (TPSA) is 91.1 Å². The van der Waals surface area contributed by atoms with E-state index in [9.17, 15) is 14.4 Å². The lowest BCUT2D eigenvalue weighted by Crippen LogP contribution is -2.12. The Morgan fingerprint density at radius 1 is 0.793 bits per heavy atom. The van der Waals surface area contributed by atoms with Gasteiger partial charge in [-0.15, -0.1) is 23.2 Å². The Labute approximate surface area is 177 Å². The Kier molecular flexibility index (Phi) is 7.12. The number of H-pyrrole nitrogens is 1. The average Bonchev–Trinajstić information content (AvgIpc) is 2.70. The maximum Gasteiger partial charge on any atom is 0.224 e. The summed E-state index contributed by atoms with van der Waals surface area (Å²) in [5.74, 6) is 0.592. The van der Waals surface area contributed by atoms with E-state index in [0.717, 1.165) is 0 Å². The molecule has 1 heterocycles. The molecular weight excluding hydrogens is 413 g/mol. The molecule has 3 rings (SSSR count). The lowest BCUT2D eigenvalue weighted by Gasteiger charge is -2.09. The molecule has 0 spiro atoms. The fourth-order valence-electron chi connectivity index (χ4n) is 3.04. The molecule has 0 unspecified atom stereocenters. The van der Waals surface area contributed by atoms with Gasteiger partial charge in [0.15, 0.2) is 5.43 Å². The van der Waals surface area contributed by atoms with E-state index in [1.165, 1.54) is 0 Å².